The van der Waals surface area contributed by atoms with Crippen LogP contribution in [0.4, 0.5) is 27.6 Å². The Kier molecular flexibility index (Phi) is 11.3. The van der Waals surface area contributed by atoms with E-state index in [1.165, 1.54) is 11.0 Å². The number of hydrogen-bond acceptors (Lipinski definition) is 7. The molecule has 1 aromatic rings. The highest BCUT2D eigenvalue weighted by atomic mass is 31.2. The maximum atomic E-state index is 14.1. The number of carbonyl (C=O) groups is 1. The Hall–Kier alpha value is -2.99. The standard InChI is InChI=1S/C15H12F5N3O.C6H12NO3P/c1-8(15(18,19)20)22-14(24)10-4-12(17)13(5-11(10)16)23-6-9(7-23)2-3-21;1-3-9-11(8,6-5-7)10-4-2/h2,4-5,8H,6-7H2,1H3,(H,22,24);3-4,6H2,1-2H3/t8-;/m0./s1. The average molecular weight is 522 g/mol. The molecule has 1 amide bonds. The molecule has 1 saturated heterocycles. The number of hydrogen-bond donors (Lipinski definition) is 1. The van der Waals surface area contributed by atoms with Gasteiger partial charge < -0.3 is 19.3 Å². The van der Waals surface area contributed by atoms with Crippen LogP contribution in [-0.4, -0.2) is 50.6 Å². The van der Waals surface area contributed by atoms with Crippen LogP contribution in [0.1, 0.15) is 31.1 Å². The van der Waals surface area contributed by atoms with Gasteiger partial charge in [-0.3, -0.25) is 9.36 Å². The minimum Gasteiger partial charge on any atom is -0.361 e. The molecule has 0 radical (unpaired) electrons. The largest absolute Gasteiger partial charge is 0.408 e. The predicted molar refractivity (Wildman–Crippen MR) is 117 cm³/mol. The normalized spacial score (nSPS) is 14.0. The lowest BCUT2D eigenvalue weighted by Crippen LogP contribution is -2.43. The van der Waals surface area contributed by atoms with Crippen molar-refractivity contribution in [1.82, 2.24) is 5.32 Å². The molecule has 1 aliphatic heterocycles. The van der Waals surface area contributed by atoms with Gasteiger partial charge in [0.1, 0.15) is 23.8 Å². The van der Waals surface area contributed by atoms with E-state index >= 15 is 0 Å². The number of carbonyl (C=O) groups excluding carboxylic acids is 1. The monoisotopic (exact) mass is 522 g/mol. The van der Waals surface area contributed by atoms with Crippen molar-refractivity contribution >= 4 is 19.2 Å². The average Bonchev–Trinajstić information content (AvgIpc) is 2.72. The molecule has 192 valence electrons. The molecule has 0 aliphatic carbocycles. The Morgan fingerprint density at radius 1 is 1.20 bits per heavy atom. The Morgan fingerprint density at radius 2 is 1.77 bits per heavy atom. The van der Waals surface area contributed by atoms with Crippen molar-refractivity contribution in [3.05, 3.63) is 41.0 Å². The molecule has 8 nitrogen and oxygen atoms in total. The van der Waals surface area contributed by atoms with Gasteiger partial charge in [0.15, 0.2) is 0 Å². The number of anilines is 1. The molecule has 14 heteroatoms. The third kappa shape index (κ3) is 8.95. The van der Waals surface area contributed by atoms with Crippen molar-refractivity contribution in [3.8, 4) is 12.1 Å². The van der Waals surface area contributed by atoms with Gasteiger partial charge in [0.25, 0.3) is 5.91 Å². The maximum absolute atomic E-state index is 14.1. The first-order valence-corrected chi connectivity index (χ1v) is 12.0. The van der Waals surface area contributed by atoms with Crippen LogP contribution in [0.3, 0.4) is 0 Å². The van der Waals surface area contributed by atoms with Gasteiger partial charge in [-0.15, -0.1) is 0 Å². The van der Waals surface area contributed by atoms with Crippen molar-refractivity contribution in [2.75, 3.05) is 37.4 Å². The van der Waals surface area contributed by atoms with Crippen LogP contribution < -0.4 is 10.2 Å². The molecular weight excluding hydrogens is 498 g/mol. The molecule has 0 unspecified atom stereocenters. The summed E-state index contributed by atoms with van der Waals surface area (Å²) in [7, 11) is -3.08. The van der Waals surface area contributed by atoms with E-state index in [4.69, 9.17) is 19.6 Å². The van der Waals surface area contributed by atoms with Crippen molar-refractivity contribution in [1.29, 1.82) is 10.5 Å². The highest BCUT2D eigenvalue weighted by molar-refractivity contribution is 7.54. The zero-order valence-electron chi connectivity index (χ0n) is 19.2. The van der Waals surface area contributed by atoms with Gasteiger partial charge in [0.2, 0.25) is 0 Å². The number of alkyl halides is 3. The lowest BCUT2D eigenvalue weighted by molar-refractivity contribution is -0.149. The van der Waals surface area contributed by atoms with Gasteiger partial charge in [-0.1, -0.05) is 0 Å². The van der Waals surface area contributed by atoms with Gasteiger partial charge >= 0.3 is 13.8 Å². The quantitative estimate of drug-likeness (QED) is 0.299. The van der Waals surface area contributed by atoms with Crippen LogP contribution in [0.15, 0.2) is 23.8 Å². The number of amides is 1. The fraction of sp³-hybridized carbons (Fsp3) is 0.476. The van der Waals surface area contributed by atoms with Crippen LogP contribution in [0, 0.1) is 34.3 Å². The van der Waals surface area contributed by atoms with E-state index in [9.17, 15) is 31.3 Å². The van der Waals surface area contributed by atoms with Crippen LogP contribution in [0.25, 0.3) is 0 Å². The highest BCUT2D eigenvalue weighted by Crippen LogP contribution is 2.47. The van der Waals surface area contributed by atoms with Crippen LogP contribution in [0.2, 0.25) is 0 Å². The molecule has 0 saturated carbocycles. The smallest absolute Gasteiger partial charge is 0.361 e. The van der Waals surface area contributed by atoms with Gasteiger partial charge in [-0.2, -0.15) is 23.7 Å². The van der Waals surface area contributed by atoms with E-state index in [-0.39, 0.29) is 24.9 Å². The number of allylic oxidation sites excluding steroid dienone is 1. The molecule has 1 atom stereocenters. The first-order chi connectivity index (χ1) is 16.3. The van der Waals surface area contributed by atoms with Crippen LogP contribution in [0.5, 0.6) is 0 Å². The van der Waals surface area contributed by atoms with Crippen LogP contribution in [-0.2, 0) is 13.6 Å². The van der Waals surface area contributed by atoms with E-state index < -0.39 is 42.9 Å². The number of nitrogens with zero attached hydrogens (tertiary/aromatic N) is 3. The molecule has 0 bridgehead atoms. The van der Waals surface area contributed by atoms with Crippen LogP contribution >= 0.6 is 7.60 Å². The van der Waals surface area contributed by atoms with E-state index in [0.717, 1.165) is 11.6 Å². The lowest BCUT2D eigenvalue weighted by atomic mass is 10.0. The first-order valence-electron chi connectivity index (χ1n) is 10.3. The number of nitriles is 2. The number of halogens is 5. The summed E-state index contributed by atoms with van der Waals surface area (Å²) in [5.74, 6) is -3.41. The second-order valence-corrected chi connectivity index (χ2v) is 9.13. The summed E-state index contributed by atoms with van der Waals surface area (Å²) in [5, 5.41) is 18.3. The summed E-state index contributed by atoms with van der Waals surface area (Å²) in [6, 6.07) is 2.71. The summed E-state index contributed by atoms with van der Waals surface area (Å²) < 4.78 is 86.3. The summed E-state index contributed by atoms with van der Waals surface area (Å²) >= 11 is 0. The molecule has 1 heterocycles. The van der Waals surface area contributed by atoms with E-state index in [2.05, 4.69) is 0 Å². The summed E-state index contributed by atoms with van der Waals surface area (Å²) in [6.45, 7) is 5.20. The molecule has 1 N–H and O–H groups in total. The van der Waals surface area contributed by atoms with E-state index in [0.29, 0.717) is 26.2 Å². The molecule has 0 spiro atoms. The third-order valence-electron chi connectivity index (χ3n) is 4.43. The molecule has 0 aromatic heterocycles. The van der Waals surface area contributed by atoms with E-state index in [1.54, 1.807) is 25.2 Å². The number of rotatable bonds is 8. The minimum absolute atomic E-state index is 0.122. The summed E-state index contributed by atoms with van der Waals surface area (Å²) in [5.41, 5.74) is -0.193. The zero-order chi connectivity index (χ0) is 26.8. The Bertz CT molecular complexity index is 1050. The second-order valence-electron chi connectivity index (χ2n) is 7.07. The lowest BCUT2D eigenvalue weighted by Gasteiger charge is -2.35. The summed E-state index contributed by atoms with van der Waals surface area (Å²) in [4.78, 5) is 13.1. The summed E-state index contributed by atoms with van der Waals surface area (Å²) in [6.07, 6.45) is -3.56. The fourth-order valence-corrected chi connectivity index (χ4v) is 3.93. The Morgan fingerprint density at radius 3 is 2.23 bits per heavy atom. The van der Waals surface area contributed by atoms with Gasteiger partial charge in [0.05, 0.1) is 36.6 Å². The third-order valence-corrected chi connectivity index (χ3v) is 6.26. The van der Waals surface area contributed by atoms with Crippen molar-refractivity contribution in [3.63, 3.8) is 0 Å². The SMILES string of the molecule is CCOP(=O)(CC#N)OCC.C[C@H](NC(=O)c1cc(F)c(N2CC(=CC#N)C2)cc1F)C(F)(F)F. The van der Waals surface area contributed by atoms with Crippen molar-refractivity contribution in [2.45, 2.75) is 33.0 Å². The van der Waals surface area contributed by atoms with Crippen molar-refractivity contribution in [2.24, 2.45) is 0 Å². The second kappa shape index (κ2) is 13.2. The van der Waals surface area contributed by atoms with Gasteiger partial charge in [0, 0.05) is 25.2 Å². The molecule has 1 aliphatic rings. The predicted octanol–water partition coefficient (Wildman–Crippen LogP) is 4.69. The number of benzene rings is 1. The molecule has 1 aromatic carbocycles. The minimum atomic E-state index is -4.69. The van der Waals surface area contributed by atoms with Gasteiger partial charge in [-0.05, 0) is 32.4 Å². The first kappa shape index (κ1) is 30.0. The zero-order valence-corrected chi connectivity index (χ0v) is 20.1. The van der Waals surface area contributed by atoms with Crippen molar-refractivity contribution < 1.29 is 40.4 Å². The topological polar surface area (TPSA) is 115 Å². The number of nitrogens with one attached hydrogen (secondary N) is 1. The Labute approximate surface area is 199 Å². The fourth-order valence-electron chi connectivity index (χ4n) is 2.71. The maximum Gasteiger partial charge on any atom is 0.408 e. The Balaban J connectivity index is 0.000000471. The van der Waals surface area contributed by atoms with E-state index in [1.807, 2.05) is 6.07 Å². The molecule has 1 fully saturated rings. The highest BCUT2D eigenvalue weighted by Gasteiger charge is 2.37. The molecule has 2 rings (SSSR count). The molecule has 35 heavy (non-hydrogen) atoms. The van der Waals surface area contributed by atoms with Gasteiger partial charge in [-0.25, -0.2) is 8.78 Å². The molecular formula is C21H24F5N4O4P.